The van der Waals surface area contributed by atoms with E-state index in [2.05, 4.69) is 0 Å². The van der Waals surface area contributed by atoms with Gasteiger partial charge < -0.3 is 15.1 Å². The van der Waals surface area contributed by atoms with Gasteiger partial charge in [-0.15, -0.1) is 0 Å². The maximum atomic E-state index is 12.0. The van der Waals surface area contributed by atoms with Gasteiger partial charge in [0.05, 0.1) is 5.56 Å². The molecule has 0 saturated carbocycles. The lowest BCUT2D eigenvalue weighted by molar-refractivity contribution is -0.137. The summed E-state index contributed by atoms with van der Waals surface area (Å²) in [5.41, 5.74) is 0.718. The number of aromatic hydroxyl groups is 1. The average Bonchev–Trinajstić information content (AvgIpc) is 2.28. The van der Waals surface area contributed by atoms with Crippen molar-refractivity contribution < 1.29 is 19.8 Å². The Kier molecular flexibility index (Phi) is 4.09. The van der Waals surface area contributed by atoms with Gasteiger partial charge in [-0.1, -0.05) is 12.1 Å². The number of carboxylic acid groups (broad SMARTS) is 1. The molecule has 0 aliphatic carbocycles. The molecular formula is C12H15NO4. The Labute approximate surface area is 99.3 Å². The van der Waals surface area contributed by atoms with Crippen LogP contribution in [-0.2, 0) is 4.79 Å². The van der Waals surface area contributed by atoms with E-state index in [0.29, 0.717) is 5.56 Å². The first-order valence-electron chi connectivity index (χ1n) is 5.27. The zero-order chi connectivity index (χ0) is 13.0. The maximum absolute atomic E-state index is 12.0. The van der Waals surface area contributed by atoms with Gasteiger partial charge in [-0.3, -0.25) is 9.59 Å². The molecule has 2 N–H and O–H groups in total. The van der Waals surface area contributed by atoms with Crippen LogP contribution in [0.5, 0.6) is 5.75 Å². The SMILES string of the molecule is CCN(CC(=O)O)C(=O)c1cccc(C)c1O. The smallest absolute Gasteiger partial charge is 0.323 e. The highest BCUT2D eigenvalue weighted by Gasteiger charge is 2.20. The lowest BCUT2D eigenvalue weighted by atomic mass is 10.1. The van der Waals surface area contributed by atoms with E-state index >= 15 is 0 Å². The molecule has 5 heteroatoms. The molecule has 1 aromatic rings. The fourth-order valence-electron chi connectivity index (χ4n) is 1.49. The highest BCUT2D eigenvalue weighted by atomic mass is 16.4. The number of carbonyl (C=O) groups is 2. The molecule has 5 nitrogen and oxygen atoms in total. The Balaban J connectivity index is 3.02. The first-order chi connectivity index (χ1) is 7.97. The average molecular weight is 237 g/mol. The van der Waals surface area contributed by atoms with Crippen molar-refractivity contribution in [2.75, 3.05) is 13.1 Å². The number of amides is 1. The summed E-state index contributed by atoms with van der Waals surface area (Å²) in [6.07, 6.45) is 0. The zero-order valence-electron chi connectivity index (χ0n) is 9.80. The van der Waals surface area contributed by atoms with Crippen LogP contribution in [0.2, 0.25) is 0 Å². The molecule has 0 fully saturated rings. The third-order valence-electron chi connectivity index (χ3n) is 2.46. The maximum Gasteiger partial charge on any atom is 0.323 e. The monoisotopic (exact) mass is 237 g/mol. The molecule has 0 aromatic heterocycles. The second-order valence-corrected chi connectivity index (χ2v) is 3.68. The molecule has 1 aromatic carbocycles. The van der Waals surface area contributed by atoms with Gasteiger partial charge in [-0.05, 0) is 25.5 Å². The number of likely N-dealkylation sites (N-methyl/N-ethyl adjacent to an activating group) is 1. The summed E-state index contributed by atoms with van der Waals surface area (Å²) >= 11 is 0. The number of rotatable bonds is 4. The van der Waals surface area contributed by atoms with E-state index in [9.17, 15) is 14.7 Å². The van der Waals surface area contributed by atoms with E-state index in [4.69, 9.17) is 5.11 Å². The van der Waals surface area contributed by atoms with Gasteiger partial charge in [0.1, 0.15) is 12.3 Å². The van der Waals surface area contributed by atoms with Crippen LogP contribution in [0.25, 0.3) is 0 Å². The summed E-state index contributed by atoms with van der Waals surface area (Å²) in [4.78, 5) is 23.8. The van der Waals surface area contributed by atoms with Crippen LogP contribution in [0.4, 0.5) is 0 Å². The zero-order valence-corrected chi connectivity index (χ0v) is 9.80. The standard InChI is InChI=1S/C12H15NO4/c1-3-13(7-10(14)15)12(17)9-6-4-5-8(2)11(9)16/h4-6,16H,3,7H2,1-2H3,(H,14,15). The molecule has 0 atom stereocenters. The van der Waals surface area contributed by atoms with Crippen molar-refractivity contribution in [2.24, 2.45) is 0 Å². The van der Waals surface area contributed by atoms with E-state index in [1.165, 1.54) is 6.07 Å². The van der Waals surface area contributed by atoms with E-state index in [0.717, 1.165) is 4.90 Å². The Morgan fingerprint density at radius 1 is 1.35 bits per heavy atom. The third kappa shape index (κ3) is 2.96. The topological polar surface area (TPSA) is 77.8 Å². The van der Waals surface area contributed by atoms with Gasteiger partial charge in [0.15, 0.2) is 0 Å². The van der Waals surface area contributed by atoms with Crippen LogP contribution >= 0.6 is 0 Å². The number of benzene rings is 1. The lowest BCUT2D eigenvalue weighted by Crippen LogP contribution is -2.35. The number of nitrogens with zero attached hydrogens (tertiary/aromatic N) is 1. The van der Waals surface area contributed by atoms with E-state index in [1.54, 1.807) is 26.0 Å². The minimum absolute atomic E-state index is 0.0960. The van der Waals surface area contributed by atoms with Crippen molar-refractivity contribution in [2.45, 2.75) is 13.8 Å². The molecule has 92 valence electrons. The molecule has 0 saturated heterocycles. The Morgan fingerprint density at radius 3 is 2.53 bits per heavy atom. The lowest BCUT2D eigenvalue weighted by Gasteiger charge is -2.19. The number of aryl methyl sites for hydroxylation is 1. The first kappa shape index (κ1) is 13.0. The molecule has 0 bridgehead atoms. The van der Waals surface area contributed by atoms with Crippen molar-refractivity contribution in [3.05, 3.63) is 29.3 Å². The molecule has 0 aliphatic heterocycles. The molecule has 0 aliphatic rings. The number of phenols is 1. The number of carbonyl (C=O) groups excluding carboxylic acids is 1. The summed E-state index contributed by atoms with van der Waals surface area (Å²) < 4.78 is 0. The molecule has 17 heavy (non-hydrogen) atoms. The van der Waals surface area contributed by atoms with E-state index in [-0.39, 0.29) is 24.4 Å². The molecule has 0 heterocycles. The van der Waals surface area contributed by atoms with Crippen molar-refractivity contribution in [3.8, 4) is 5.75 Å². The van der Waals surface area contributed by atoms with Crippen LogP contribution in [0.3, 0.4) is 0 Å². The molecule has 1 amide bonds. The van der Waals surface area contributed by atoms with Gasteiger partial charge in [0, 0.05) is 6.54 Å². The predicted molar refractivity (Wildman–Crippen MR) is 62.1 cm³/mol. The van der Waals surface area contributed by atoms with Crippen LogP contribution in [0.1, 0.15) is 22.8 Å². The van der Waals surface area contributed by atoms with Crippen molar-refractivity contribution >= 4 is 11.9 Å². The summed E-state index contributed by atoms with van der Waals surface area (Å²) in [5.74, 6) is -1.65. The number of para-hydroxylation sites is 1. The summed E-state index contributed by atoms with van der Waals surface area (Å²) in [6, 6.07) is 4.81. The fourth-order valence-corrected chi connectivity index (χ4v) is 1.49. The van der Waals surface area contributed by atoms with Crippen LogP contribution in [0, 0.1) is 6.92 Å². The third-order valence-corrected chi connectivity index (χ3v) is 2.46. The van der Waals surface area contributed by atoms with Crippen LogP contribution in [-0.4, -0.2) is 40.1 Å². The normalized spacial score (nSPS) is 10.0. The summed E-state index contributed by atoms with van der Waals surface area (Å²) in [7, 11) is 0. The van der Waals surface area contributed by atoms with Gasteiger partial charge in [0.25, 0.3) is 5.91 Å². The van der Waals surface area contributed by atoms with Crippen molar-refractivity contribution in [3.63, 3.8) is 0 Å². The minimum atomic E-state index is -1.08. The second-order valence-electron chi connectivity index (χ2n) is 3.68. The van der Waals surface area contributed by atoms with E-state index in [1.807, 2.05) is 0 Å². The largest absolute Gasteiger partial charge is 0.507 e. The number of hydrogen-bond acceptors (Lipinski definition) is 3. The minimum Gasteiger partial charge on any atom is -0.507 e. The Bertz CT molecular complexity index is 442. The number of hydrogen-bond donors (Lipinski definition) is 2. The highest BCUT2D eigenvalue weighted by molar-refractivity contribution is 5.98. The van der Waals surface area contributed by atoms with Gasteiger partial charge in [-0.25, -0.2) is 0 Å². The number of phenolic OH excluding ortho intramolecular Hbond substituents is 1. The van der Waals surface area contributed by atoms with E-state index < -0.39 is 11.9 Å². The van der Waals surface area contributed by atoms with Crippen LogP contribution < -0.4 is 0 Å². The van der Waals surface area contributed by atoms with Crippen molar-refractivity contribution in [1.29, 1.82) is 0 Å². The highest BCUT2D eigenvalue weighted by Crippen LogP contribution is 2.22. The fraction of sp³-hybridized carbons (Fsp3) is 0.333. The number of aliphatic carboxylic acids is 1. The second kappa shape index (κ2) is 5.34. The Hall–Kier alpha value is -2.04. The molecular weight excluding hydrogens is 222 g/mol. The van der Waals surface area contributed by atoms with Gasteiger partial charge >= 0.3 is 5.97 Å². The van der Waals surface area contributed by atoms with Gasteiger partial charge in [0.2, 0.25) is 0 Å². The quantitative estimate of drug-likeness (QED) is 0.826. The van der Waals surface area contributed by atoms with Crippen molar-refractivity contribution in [1.82, 2.24) is 4.90 Å². The summed E-state index contributed by atoms with van der Waals surface area (Å²) in [5, 5.41) is 18.4. The predicted octanol–water partition coefficient (Wildman–Crippen LogP) is 1.25. The Morgan fingerprint density at radius 2 is 2.00 bits per heavy atom. The van der Waals surface area contributed by atoms with Crippen LogP contribution in [0.15, 0.2) is 18.2 Å². The molecule has 0 radical (unpaired) electrons. The molecule has 0 unspecified atom stereocenters. The number of carboxylic acids is 1. The van der Waals surface area contributed by atoms with Gasteiger partial charge in [-0.2, -0.15) is 0 Å². The molecule has 1 rings (SSSR count). The summed E-state index contributed by atoms with van der Waals surface area (Å²) in [6.45, 7) is 3.27. The first-order valence-corrected chi connectivity index (χ1v) is 5.27. The molecule has 0 spiro atoms.